The normalized spacial score (nSPS) is 19.7. The summed E-state index contributed by atoms with van der Waals surface area (Å²) in [5.41, 5.74) is 0. The summed E-state index contributed by atoms with van der Waals surface area (Å²) in [4.78, 5) is 30.2. The first kappa shape index (κ1) is 37.0. The van der Waals surface area contributed by atoms with E-state index in [4.69, 9.17) is 71.5 Å². The molecule has 0 bridgehead atoms. The van der Waals surface area contributed by atoms with Crippen LogP contribution in [-0.4, -0.2) is 177 Å². The first-order valence-corrected chi connectivity index (χ1v) is 9.39. The molecule has 0 spiro atoms. The van der Waals surface area contributed by atoms with E-state index in [1.54, 1.807) is 0 Å². The van der Waals surface area contributed by atoms with Crippen LogP contribution in [0.3, 0.4) is 0 Å². The molecule has 0 heterocycles. The molecule has 0 aromatic carbocycles. The smallest absolute Gasteiger partial charge is 0.189 e. The lowest BCUT2D eigenvalue weighted by Crippen LogP contribution is -2.46. The fourth-order valence-corrected chi connectivity index (χ4v) is 1.64. The van der Waals surface area contributed by atoms with E-state index in [0.717, 1.165) is 0 Å². The van der Waals surface area contributed by atoms with Crippen molar-refractivity contribution in [2.75, 3.05) is 26.4 Å². The third kappa shape index (κ3) is 14.7. The predicted molar refractivity (Wildman–Crippen MR) is 106 cm³/mol. The fraction of sp³-hybridized carbons (Fsp3) is 0.824. The van der Waals surface area contributed by atoms with Gasteiger partial charge in [-0.05, 0) is 0 Å². The maximum absolute atomic E-state index is 10.5. The minimum atomic E-state index is -1.86. The fourth-order valence-electron chi connectivity index (χ4n) is 1.64. The molecule has 17 heteroatoms. The van der Waals surface area contributed by atoms with Crippen LogP contribution in [0.1, 0.15) is 0 Å². The topological polar surface area (TPSA) is 334 Å². The van der Waals surface area contributed by atoms with Crippen molar-refractivity contribution in [1.29, 1.82) is 0 Å². The second-order valence-electron chi connectivity index (χ2n) is 6.53. The molecule has 17 nitrogen and oxygen atoms in total. The van der Waals surface area contributed by atoms with E-state index in [1.807, 2.05) is 0 Å². The molecule has 0 aliphatic carbocycles. The van der Waals surface area contributed by atoms with Gasteiger partial charge in [-0.15, -0.1) is 0 Å². The monoisotopic (exact) mass is 510 g/mol. The van der Waals surface area contributed by atoms with Crippen molar-refractivity contribution in [3.05, 3.63) is 0 Å². The number of hydrogen-bond donors (Lipinski definition) is 14. The molecule has 10 unspecified atom stereocenters. The van der Waals surface area contributed by atoms with Crippen molar-refractivity contribution >= 4 is 18.4 Å². The molecule has 0 aromatic rings. The zero-order chi connectivity index (χ0) is 27.6. The summed E-state index contributed by atoms with van der Waals surface area (Å²) in [6.45, 7) is -3.14. The molecule has 0 radical (unpaired) electrons. The van der Waals surface area contributed by atoms with E-state index in [2.05, 4.69) is 0 Å². The minimum absolute atomic E-state index is 0.0258. The lowest BCUT2D eigenvalue weighted by atomic mass is 10.0. The van der Waals surface area contributed by atoms with Crippen molar-refractivity contribution < 1.29 is 85.9 Å². The van der Waals surface area contributed by atoms with Gasteiger partial charge >= 0.3 is 0 Å². The largest absolute Gasteiger partial charge is 0.394 e. The van der Waals surface area contributed by atoms with E-state index in [0.29, 0.717) is 0 Å². The summed E-state index contributed by atoms with van der Waals surface area (Å²) in [7, 11) is 0. The molecule has 0 rings (SSSR count). The SMILES string of the molecule is O=C(CO)C(O)C(O)C(O)CO.O=CC(O)C(O)C(O)C(O)CO.O=CC(O)C(O)C(O)CO. The molecule has 0 aromatic heterocycles. The average Bonchev–Trinajstić information content (AvgIpc) is 2.88. The highest BCUT2D eigenvalue weighted by molar-refractivity contribution is 5.84. The quantitative estimate of drug-likeness (QED) is 0.0964. The van der Waals surface area contributed by atoms with E-state index < -0.39 is 93.3 Å². The highest BCUT2D eigenvalue weighted by atomic mass is 16.4. The Morgan fingerprint density at radius 1 is 0.529 bits per heavy atom. The Hall–Kier alpha value is -1.55. The van der Waals surface area contributed by atoms with Crippen molar-refractivity contribution in [3.8, 4) is 0 Å². The van der Waals surface area contributed by atoms with E-state index in [9.17, 15) is 14.4 Å². The van der Waals surface area contributed by atoms with Gasteiger partial charge in [0.1, 0.15) is 67.6 Å². The van der Waals surface area contributed by atoms with Gasteiger partial charge in [-0.3, -0.25) is 4.79 Å². The molecule has 0 amide bonds. The number of Topliss-reactive ketones (excluding diaryl/α,β-unsaturated/α-hetero) is 1. The van der Waals surface area contributed by atoms with Gasteiger partial charge in [-0.1, -0.05) is 0 Å². The minimum Gasteiger partial charge on any atom is -0.394 e. The summed E-state index contributed by atoms with van der Waals surface area (Å²) in [5, 5.41) is 121. The number of aliphatic hydroxyl groups is 14. The van der Waals surface area contributed by atoms with Crippen LogP contribution in [0.2, 0.25) is 0 Å². The van der Waals surface area contributed by atoms with Crippen LogP contribution in [0.25, 0.3) is 0 Å². The Labute approximate surface area is 192 Å². The molecule has 0 fully saturated rings. The molecule has 204 valence electrons. The zero-order valence-electron chi connectivity index (χ0n) is 17.7. The summed E-state index contributed by atoms with van der Waals surface area (Å²) < 4.78 is 0. The summed E-state index contributed by atoms with van der Waals surface area (Å²) in [6, 6.07) is 0. The summed E-state index contributed by atoms with van der Waals surface area (Å²) in [5.74, 6) is -1.00. The van der Waals surface area contributed by atoms with E-state index in [1.165, 1.54) is 0 Å². The third-order valence-corrected chi connectivity index (χ3v) is 3.88. The van der Waals surface area contributed by atoms with Gasteiger partial charge in [0.2, 0.25) is 0 Å². The second-order valence-corrected chi connectivity index (χ2v) is 6.53. The van der Waals surface area contributed by atoms with Crippen LogP contribution in [0.4, 0.5) is 0 Å². The van der Waals surface area contributed by atoms with E-state index >= 15 is 0 Å². The number of carbonyl (C=O) groups is 3. The highest BCUT2D eigenvalue weighted by Crippen LogP contribution is 2.03. The van der Waals surface area contributed by atoms with Crippen LogP contribution < -0.4 is 0 Å². The van der Waals surface area contributed by atoms with Gasteiger partial charge in [0, 0.05) is 0 Å². The van der Waals surface area contributed by atoms with Crippen LogP contribution in [0.5, 0.6) is 0 Å². The van der Waals surface area contributed by atoms with Gasteiger partial charge in [0.25, 0.3) is 0 Å². The van der Waals surface area contributed by atoms with Crippen molar-refractivity contribution in [2.24, 2.45) is 0 Å². The lowest BCUT2D eigenvalue weighted by Gasteiger charge is -2.22. The molecule has 0 saturated carbocycles. The Balaban J connectivity index is -0.000000426. The van der Waals surface area contributed by atoms with Crippen molar-refractivity contribution in [2.45, 2.75) is 61.0 Å². The molecule has 14 N–H and O–H groups in total. The zero-order valence-corrected chi connectivity index (χ0v) is 17.7. The van der Waals surface area contributed by atoms with Crippen LogP contribution >= 0.6 is 0 Å². The van der Waals surface area contributed by atoms with Gasteiger partial charge in [0.15, 0.2) is 18.4 Å². The number of aldehydes is 2. The van der Waals surface area contributed by atoms with Gasteiger partial charge < -0.3 is 81.1 Å². The first-order chi connectivity index (χ1) is 15.7. The van der Waals surface area contributed by atoms with Gasteiger partial charge in [-0.2, -0.15) is 0 Å². The molecular formula is C17H34O17. The second kappa shape index (κ2) is 20.8. The highest BCUT2D eigenvalue weighted by Gasteiger charge is 2.30. The number of hydrogen-bond acceptors (Lipinski definition) is 17. The number of aliphatic hydroxyl groups excluding tert-OH is 14. The molecule has 34 heavy (non-hydrogen) atoms. The predicted octanol–water partition coefficient (Wildman–Crippen LogP) is -9.50. The Bertz CT molecular complexity index is 534. The Morgan fingerprint density at radius 3 is 1.18 bits per heavy atom. The summed E-state index contributed by atoms with van der Waals surface area (Å²) in [6.07, 6.45) is -16.7. The van der Waals surface area contributed by atoms with Gasteiger partial charge in [-0.25, -0.2) is 0 Å². The molecule has 10 atom stereocenters. The Kier molecular flexibility index (Phi) is 22.6. The number of rotatable bonds is 14. The van der Waals surface area contributed by atoms with Crippen LogP contribution in [0, 0.1) is 0 Å². The van der Waals surface area contributed by atoms with Crippen LogP contribution in [0.15, 0.2) is 0 Å². The number of ketones is 1. The summed E-state index contributed by atoms with van der Waals surface area (Å²) >= 11 is 0. The number of carbonyl (C=O) groups excluding carboxylic acids is 3. The molecule has 0 aliphatic heterocycles. The molecule has 0 aliphatic rings. The molecular weight excluding hydrogens is 476 g/mol. The van der Waals surface area contributed by atoms with Crippen molar-refractivity contribution in [1.82, 2.24) is 0 Å². The van der Waals surface area contributed by atoms with Gasteiger partial charge in [0.05, 0.1) is 19.8 Å². The maximum atomic E-state index is 10.5. The standard InChI is InChI=1S/2C6H12O6.C5H10O5/c2*7-1-3(9)5(11)6(12)4(10)2-8;6-1-3(8)5(10)4(9)2-7/h3,5-9,11-12H,1-2H2;1,3-6,8-12H,2H2;1,3-5,7-10H,2H2. The molecule has 0 saturated heterocycles. The van der Waals surface area contributed by atoms with Crippen molar-refractivity contribution in [3.63, 3.8) is 0 Å². The van der Waals surface area contributed by atoms with Crippen LogP contribution in [-0.2, 0) is 14.4 Å². The van der Waals surface area contributed by atoms with E-state index in [-0.39, 0.29) is 12.6 Å². The third-order valence-electron chi connectivity index (χ3n) is 3.88. The maximum Gasteiger partial charge on any atom is 0.189 e. The Morgan fingerprint density at radius 2 is 0.853 bits per heavy atom. The first-order valence-electron chi connectivity index (χ1n) is 9.39. The lowest BCUT2D eigenvalue weighted by molar-refractivity contribution is -0.142. The average molecular weight is 510 g/mol.